The van der Waals surface area contributed by atoms with E-state index in [1.165, 1.54) is 22.3 Å². The van der Waals surface area contributed by atoms with Gasteiger partial charge < -0.3 is 5.32 Å². The highest BCUT2D eigenvalue weighted by Gasteiger charge is 2.21. The van der Waals surface area contributed by atoms with Gasteiger partial charge in [0.25, 0.3) is 0 Å². The number of hydrogen-bond acceptors (Lipinski definition) is 5. The van der Waals surface area contributed by atoms with Crippen molar-refractivity contribution in [2.24, 2.45) is 0 Å². The Morgan fingerprint density at radius 3 is 2.42 bits per heavy atom. The smallest absolute Gasteiger partial charge is 0.244 e. The Morgan fingerprint density at radius 1 is 1.06 bits per heavy atom. The summed E-state index contributed by atoms with van der Waals surface area (Å²) in [5.41, 5.74) is 1.04. The Morgan fingerprint density at radius 2 is 1.77 bits per heavy atom. The Balaban J connectivity index is 1.57. The summed E-state index contributed by atoms with van der Waals surface area (Å²) in [7, 11) is -3.53. The Kier molecular flexibility index (Phi) is 7.69. The van der Waals surface area contributed by atoms with Crippen molar-refractivity contribution in [1.29, 1.82) is 0 Å². The van der Waals surface area contributed by atoms with Crippen molar-refractivity contribution < 1.29 is 13.2 Å². The van der Waals surface area contributed by atoms with Crippen molar-refractivity contribution in [2.45, 2.75) is 36.7 Å². The topological polar surface area (TPSA) is 79.4 Å². The fourth-order valence-electron chi connectivity index (χ4n) is 3.30. The molecule has 0 radical (unpaired) electrons. The van der Waals surface area contributed by atoms with Crippen LogP contribution in [0.4, 0.5) is 0 Å². The van der Waals surface area contributed by atoms with Gasteiger partial charge in [0.05, 0.1) is 16.8 Å². The Hall–Kier alpha value is -2.42. The molecule has 1 N–H and O–H groups in total. The van der Waals surface area contributed by atoms with Crippen LogP contribution in [-0.4, -0.2) is 42.5 Å². The molecule has 0 aliphatic heterocycles. The SMILES string of the molecule is CCN(CC)S(=O)(=O)c1ccc(SCC(=O)N[C@@H](C)c2ccc3ccccc3c2)nc1. The van der Waals surface area contributed by atoms with Gasteiger partial charge in [-0.05, 0) is 41.5 Å². The minimum Gasteiger partial charge on any atom is -0.349 e. The second kappa shape index (κ2) is 10.3. The predicted molar refractivity (Wildman–Crippen MR) is 126 cm³/mol. The van der Waals surface area contributed by atoms with Gasteiger partial charge >= 0.3 is 0 Å². The summed E-state index contributed by atoms with van der Waals surface area (Å²) in [5.74, 6) is 0.0971. The van der Waals surface area contributed by atoms with Gasteiger partial charge in [-0.25, -0.2) is 13.4 Å². The number of benzene rings is 2. The zero-order chi connectivity index (χ0) is 22.4. The van der Waals surface area contributed by atoms with E-state index in [0.717, 1.165) is 16.3 Å². The highest BCUT2D eigenvalue weighted by molar-refractivity contribution is 7.99. The molecular formula is C23H27N3O3S2. The van der Waals surface area contributed by atoms with Crippen LogP contribution in [0.2, 0.25) is 0 Å². The van der Waals surface area contributed by atoms with Crippen LogP contribution in [0.5, 0.6) is 0 Å². The Bertz CT molecular complexity index is 1140. The lowest BCUT2D eigenvalue weighted by atomic mass is 10.0. The number of carbonyl (C=O) groups is 1. The molecule has 0 saturated carbocycles. The molecule has 8 heteroatoms. The molecule has 31 heavy (non-hydrogen) atoms. The van der Waals surface area contributed by atoms with Gasteiger partial charge in [0.2, 0.25) is 15.9 Å². The number of nitrogens with zero attached hydrogens (tertiary/aromatic N) is 2. The summed E-state index contributed by atoms with van der Waals surface area (Å²) in [6, 6.07) is 17.3. The third-order valence-corrected chi connectivity index (χ3v) is 8.03. The number of rotatable bonds is 9. The van der Waals surface area contributed by atoms with Crippen LogP contribution in [0, 0.1) is 0 Å². The largest absolute Gasteiger partial charge is 0.349 e. The maximum atomic E-state index is 12.5. The van der Waals surface area contributed by atoms with Gasteiger partial charge in [-0.2, -0.15) is 4.31 Å². The maximum Gasteiger partial charge on any atom is 0.244 e. The fourth-order valence-corrected chi connectivity index (χ4v) is 5.36. The van der Waals surface area contributed by atoms with Crippen molar-refractivity contribution in [3.63, 3.8) is 0 Å². The van der Waals surface area contributed by atoms with Crippen LogP contribution in [0.3, 0.4) is 0 Å². The second-order valence-corrected chi connectivity index (χ2v) is 10.0. The number of hydrogen-bond donors (Lipinski definition) is 1. The molecule has 0 unspecified atom stereocenters. The van der Waals surface area contributed by atoms with Crippen LogP contribution in [0.15, 0.2) is 70.7 Å². The van der Waals surface area contributed by atoms with E-state index in [9.17, 15) is 13.2 Å². The fraction of sp³-hybridized carbons (Fsp3) is 0.304. The molecule has 1 heterocycles. The molecule has 0 bridgehead atoms. The number of amides is 1. The highest BCUT2D eigenvalue weighted by atomic mass is 32.2. The number of sulfonamides is 1. The van der Waals surface area contributed by atoms with E-state index >= 15 is 0 Å². The quantitative estimate of drug-likeness (QED) is 0.486. The van der Waals surface area contributed by atoms with Gasteiger partial charge in [-0.1, -0.05) is 62.0 Å². The van der Waals surface area contributed by atoms with E-state index < -0.39 is 10.0 Å². The normalized spacial score (nSPS) is 12.8. The minimum absolute atomic E-state index is 0.104. The van der Waals surface area contributed by atoms with Gasteiger partial charge in [0, 0.05) is 19.3 Å². The van der Waals surface area contributed by atoms with Gasteiger partial charge in [-0.15, -0.1) is 0 Å². The Labute approximate surface area is 188 Å². The molecule has 2 aromatic carbocycles. The van der Waals surface area contributed by atoms with Crippen LogP contribution in [0.25, 0.3) is 10.8 Å². The number of aromatic nitrogens is 1. The molecule has 3 aromatic rings. The molecular weight excluding hydrogens is 430 g/mol. The summed E-state index contributed by atoms with van der Waals surface area (Å²) < 4.78 is 26.4. The van der Waals surface area contributed by atoms with E-state index in [2.05, 4.69) is 34.6 Å². The first-order valence-electron chi connectivity index (χ1n) is 10.2. The van der Waals surface area contributed by atoms with Gasteiger partial charge in [0.15, 0.2) is 0 Å². The summed E-state index contributed by atoms with van der Waals surface area (Å²) in [5, 5.41) is 5.91. The highest BCUT2D eigenvalue weighted by Crippen LogP contribution is 2.22. The molecule has 3 rings (SSSR count). The number of thioether (sulfide) groups is 1. The lowest BCUT2D eigenvalue weighted by Gasteiger charge is -2.18. The first-order valence-corrected chi connectivity index (χ1v) is 12.6. The number of carbonyl (C=O) groups excluding carboxylic acids is 1. The van der Waals surface area contributed by atoms with Crippen LogP contribution in [-0.2, 0) is 14.8 Å². The van der Waals surface area contributed by atoms with Crippen LogP contribution < -0.4 is 5.32 Å². The van der Waals surface area contributed by atoms with Crippen molar-refractivity contribution >= 4 is 38.5 Å². The molecule has 164 valence electrons. The number of pyridine rings is 1. The lowest BCUT2D eigenvalue weighted by molar-refractivity contribution is -0.119. The third kappa shape index (κ3) is 5.64. The summed E-state index contributed by atoms with van der Waals surface area (Å²) in [4.78, 5) is 16.8. The van der Waals surface area contributed by atoms with E-state index in [0.29, 0.717) is 18.1 Å². The van der Waals surface area contributed by atoms with Crippen molar-refractivity contribution in [1.82, 2.24) is 14.6 Å². The molecule has 1 aromatic heterocycles. The van der Waals surface area contributed by atoms with Crippen LogP contribution >= 0.6 is 11.8 Å². The molecule has 0 aliphatic carbocycles. The lowest BCUT2D eigenvalue weighted by Crippen LogP contribution is -2.30. The van der Waals surface area contributed by atoms with Crippen molar-refractivity contribution in [2.75, 3.05) is 18.8 Å². The van der Waals surface area contributed by atoms with Crippen molar-refractivity contribution in [3.05, 3.63) is 66.4 Å². The van der Waals surface area contributed by atoms with Gasteiger partial charge in [0.1, 0.15) is 4.90 Å². The average molecular weight is 458 g/mol. The summed E-state index contributed by atoms with van der Waals surface area (Å²) in [6.45, 7) is 6.38. The molecule has 0 saturated heterocycles. The molecule has 6 nitrogen and oxygen atoms in total. The first kappa shape index (κ1) is 23.2. The average Bonchev–Trinajstić information content (AvgIpc) is 2.78. The van der Waals surface area contributed by atoms with Gasteiger partial charge in [-0.3, -0.25) is 4.79 Å². The van der Waals surface area contributed by atoms with Crippen molar-refractivity contribution in [3.8, 4) is 0 Å². The van der Waals surface area contributed by atoms with E-state index in [4.69, 9.17) is 0 Å². The predicted octanol–water partition coefficient (Wildman–Crippen LogP) is 4.23. The van der Waals surface area contributed by atoms with E-state index in [-0.39, 0.29) is 22.6 Å². The number of fused-ring (bicyclic) bond motifs is 1. The second-order valence-electron chi connectivity index (χ2n) is 7.11. The summed E-state index contributed by atoms with van der Waals surface area (Å²) in [6.07, 6.45) is 1.35. The molecule has 1 amide bonds. The molecule has 0 aliphatic rings. The first-order chi connectivity index (χ1) is 14.8. The number of nitrogens with one attached hydrogen (secondary N) is 1. The van der Waals surface area contributed by atoms with Crippen LogP contribution in [0.1, 0.15) is 32.4 Å². The zero-order valence-corrected chi connectivity index (χ0v) is 19.5. The molecule has 0 spiro atoms. The zero-order valence-electron chi connectivity index (χ0n) is 17.9. The minimum atomic E-state index is -3.53. The van der Waals surface area contributed by atoms with E-state index in [1.54, 1.807) is 26.0 Å². The molecule has 0 fully saturated rings. The maximum absolute atomic E-state index is 12.5. The third-order valence-electron chi connectivity index (χ3n) is 5.05. The standard InChI is InChI=1S/C23H27N3O3S2/c1-4-26(5-2)31(28,29)21-12-13-23(24-15-21)30-16-22(27)25-17(3)19-11-10-18-8-6-7-9-20(18)14-19/h6-15,17H,4-5,16H2,1-3H3,(H,25,27)/t17-/m0/s1. The van der Waals surface area contributed by atoms with E-state index in [1.807, 2.05) is 25.1 Å². The molecule has 1 atom stereocenters. The monoisotopic (exact) mass is 457 g/mol. The summed E-state index contributed by atoms with van der Waals surface area (Å²) >= 11 is 1.28.